The van der Waals surface area contributed by atoms with Crippen LogP contribution in [-0.2, 0) is 19.4 Å². The summed E-state index contributed by atoms with van der Waals surface area (Å²) in [7, 11) is 1.96. The number of nitrogens with zero attached hydrogens (tertiary/aromatic N) is 7. The molecule has 0 radical (unpaired) electrons. The van der Waals surface area contributed by atoms with Gasteiger partial charge in [-0.2, -0.15) is 0 Å². The molecule has 0 saturated carbocycles. The first-order valence-electron chi connectivity index (χ1n) is 10.7. The van der Waals surface area contributed by atoms with Crippen molar-refractivity contribution in [3.63, 3.8) is 0 Å². The first kappa shape index (κ1) is 19.6. The Morgan fingerprint density at radius 1 is 1.13 bits per heavy atom. The zero-order valence-corrected chi connectivity index (χ0v) is 17.9. The Balaban J connectivity index is 1.44. The number of aryl methyl sites for hydroxylation is 1. The van der Waals surface area contributed by atoms with Gasteiger partial charge in [0, 0.05) is 32.0 Å². The van der Waals surface area contributed by atoms with Crippen molar-refractivity contribution < 1.29 is 0 Å². The lowest BCUT2D eigenvalue weighted by atomic mass is 10.1. The number of aliphatic imine (C=N–C) groups is 1. The third-order valence-corrected chi connectivity index (χ3v) is 5.70. The van der Waals surface area contributed by atoms with Gasteiger partial charge in [0.1, 0.15) is 11.5 Å². The molecule has 2 aliphatic rings. The molecule has 0 unspecified atom stereocenters. The van der Waals surface area contributed by atoms with E-state index in [4.69, 9.17) is 20.7 Å². The van der Waals surface area contributed by atoms with Crippen molar-refractivity contribution in [3.05, 3.63) is 65.5 Å². The molecular weight excluding hydrogens is 388 g/mol. The highest BCUT2D eigenvalue weighted by Gasteiger charge is 2.29. The van der Waals surface area contributed by atoms with Crippen LogP contribution in [0.15, 0.2) is 47.8 Å². The SMILES string of the molecule is C[C@@H](N)Cc1cccnc1N(C)c1cnc2c(n1)CN=C2N1CCCc2ncccc21. The highest BCUT2D eigenvalue weighted by Crippen LogP contribution is 2.31. The Labute approximate surface area is 181 Å². The summed E-state index contributed by atoms with van der Waals surface area (Å²) >= 11 is 0. The Kier molecular flexibility index (Phi) is 5.07. The van der Waals surface area contributed by atoms with Crippen LogP contribution in [0.5, 0.6) is 0 Å². The number of hydrogen-bond acceptors (Lipinski definition) is 8. The summed E-state index contributed by atoms with van der Waals surface area (Å²) < 4.78 is 0. The molecule has 31 heavy (non-hydrogen) atoms. The number of rotatable bonds is 4. The molecule has 0 fully saturated rings. The standard InChI is InChI=1S/C23H26N8/c1-15(24)12-16-6-3-10-26-22(16)30(2)20-14-27-21-18(29-20)13-28-23(21)31-11-5-7-17-19(31)8-4-9-25-17/h3-4,6,8-10,14-15H,5,7,11-13,24H2,1-2H3/t15-/m1/s1. The summed E-state index contributed by atoms with van der Waals surface area (Å²) in [4.78, 5) is 27.8. The Hall–Kier alpha value is -3.39. The molecule has 8 heteroatoms. The second-order valence-corrected chi connectivity index (χ2v) is 8.11. The van der Waals surface area contributed by atoms with Crippen molar-refractivity contribution in [3.8, 4) is 0 Å². The van der Waals surface area contributed by atoms with E-state index in [0.717, 1.165) is 71.6 Å². The van der Waals surface area contributed by atoms with Gasteiger partial charge in [0.25, 0.3) is 0 Å². The topological polar surface area (TPSA) is 96.4 Å². The van der Waals surface area contributed by atoms with Crippen LogP contribution < -0.4 is 15.5 Å². The average molecular weight is 415 g/mol. The average Bonchev–Trinajstić information content (AvgIpc) is 3.21. The van der Waals surface area contributed by atoms with Gasteiger partial charge in [0.05, 0.1) is 29.8 Å². The van der Waals surface area contributed by atoms with Crippen LogP contribution in [0.3, 0.4) is 0 Å². The van der Waals surface area contributed by atoms with Crippen molar-refractivity contribution in [1.29, 1.82) is 0 Å². The second kappa shape index (κ2) is 8.03. The molecule has 5 heterocycles. The molecule has 158 valence electrons. The fourth-order valence-corrected chi connectivity index (χ4v) is 4.27. The van der Waals surface area contributed by atoms with Crippen LogP contribution in [0.4, 0.5) is 17.3 Å². The molecule has 0 aliphatic carbocycles. The van der Waals surface area contributed by atoms with Crippen LogP contribution >= 0.6 is 0 Å². The number of anilines is 3. The molecular formula is C23H26N8. The molecule has 3 aromatic rings. The number of hydrogen-bond donors (Lipinski definition) is 1. The molecule has 0 amide bonds. The summed E-state index contributed by atoms with van der Waals surface area (Å²) in [6.07, 6.45) is 8.25. The summed E-state index contributed by atoms with van der Waals surface area (Å²) in [5.41, 5.74) is 11.1. The van der Waals surface area contributed by atoms with E-state index in [1.165, 1.54) is 0 Å². The maximum Gasteiger partial charge on any atom is 0.156 e. The van der Waals surface area contributed by atoms with Gasteiger partial charge in [-0.05, 0) is 49.9 Å². The molecule has 0 saturated heterocycles. The minimum atomic E-state index is 0.0559. The van der Waals surface area contributed by atoms with E-state index in [2.05, 4.69) is 27.0 Å². The van der Waals surface area contributed by atoms with Gasteiger partial charge in [-0.1, -0.05) is 6.07 Å². The van der Waals surface area contributed by atoms with Crippen molar-refractivity contribution in [1.82, 2.24) is 19.9 Å². The number of pyridine rings is 2. The molecule has 5 rings (SSSR count). The first-order valence-corrected chi connectivity index (χ1v) is 10.7. The number of fused-ring (bicyclic) bond motifs is 2. The second-order valence-electron chi connectivity index (χ2n) is 8.11. The Morgan fingerprint density at radius 2 is 1.97 bits per heavy atom. The fourth-order valence-electron chi connectivity index (χ4n) is 4.27. The van der Waals surface area contributed by atoms with Gasteiger partial charge in [-0.25, -0.2) is 15.0 Å². The maximum atomic E-state index is 6.03. The predicted octanol–water partition coefficient (Wildman–Crippen LogP) is 2.64. The zero-order valence-electron chi connectivity index (χ0n) is 17.9. The van der Waals surface area contributed by atoms with Gasteiger partial charge in [-0.3, -0.25) is 9.98 Å². The van der Waals surface area contributed by atoms with E-state index in [9.17, 15) is 0 Å². The van der Waals surface area contributed by atoms with Crippen LogP contribution in [0.2, 0.25) is 0 Å². The summed E-state index contributed by atoms with van der Waals surface area (Å²) in [5.74, 6) is 2.49. The Bertz CT molecular complexity index is 1140. The van der Waals surface area contributed by atoms with E-state index in [1.807, 2.05) is 37.2 Å². The predicted molar refractivity (Wildman–Crippen MR) is 122 cm³/mol. The zero-order chi connectivity index (χ0) is 21.4. The molecule has 0 spiro atoms. The summed E-state index contributed by atoms with van der Waals surface area (Å²) in [6.45, 7) is 3.44. The lowest BCUT2D eigenvalue weighted by molar-refractivity contribution is 0.734. The summed E-state index contributed by atoms with van der Waals surface area (Å²) in [5, 5.41) is 0. The van der Waals surface area contributed by atoms with Gasteiger partial charge in [0.15, 0.2) is 11.7 Å². The van der Waals surface area contributed by atoms with Crippen LogP contribution in [0.1, 0.15) is 36.0 Å². The van der Waals surface area contributed by atoms with E-state index in [-0.39, 0.29) is 6.04 Å². The largest absolute Gasteiger partial charge is 0.328 e. The Morgan fingerprint density at radius 3 is 2.84 bits per heavy atom. The van der Waals surface area contributed by atoms with Crippen molar-refractivity contribution in [2.24, 2.45) is 10.7 Å². The molecule has 0 bridgehead atoms. The summed E-state index contributed by atoms with van der Waals surface area (Å²) in [6, 6.07) is 8.14. The lowest BCUT2D eigenvalue weighted by Gasteiger charge is -2.30. The molecule has 2 aliphatic heterocycles. The minimum absolute atomic E-state index is 0.0559. The minimum Gasteiger partial charge on any atom is -0.328 e. The smallest absolute Gasteiger partial charge is 0.156 e. The van der Waals surface area contributed by atoms with Crippen LogP contribution in [0.25, 0.3) is 0 Å². The highest BCUT2D eigenvalue weighted by molar-refractivity contribution is 6.11. The molecule has 0 aromatic carbocycles. The fraction of sp³-hybridized carbons (Fsp3) is 0.348. The van der Waals surface area contributed by atoms with Crippen LogP contribution in [-0.4, -0.2) is 45.4 Å². The molecule has 3 aromatic heterocycles. The monoisotopic (exact) mass is 414 g/mol. The number of amidine groups is 1. The van der Waals surface area contributed by atoms with Gasteiger partial charge in [0.2, 0.25) is 0 Å². The normalized spacial score (nSPS) is 15.8. The van der Waals surface area contributed by atoms with E-state index >= 15 is 0 Å². The lowest BCUT2D eigenvalue weighted by Crippen LogP contribution is -2.36. The van der Waals surface area contributed by atoms with Crippen LogP contribution in [0, 0.1) is 0 Å². The number of aromatic nitrogens is 4. The van der Waals surface area contributed by atoms with Crippen molar-refractivity contribution >= 4 is 23.2 Å². The third-order valence-electron chi connectivity index (χ3n) is 5.70. The van der Waals surface area contributed by atoms with E-state index in [0.29, 0.717) is 6.54 Å². The van der Waals surface area contributed by atoms with Gasteiger partial charge >= 0.3 is 0 Å². The van der Waals surface area contributed by atoms with Gasteiger partial charge in [-0.15, -0.1) is 0 Å². The molecule has 1 atom stereocenters. The third kappa shape index (κ3) is 3.63. The quantitative estimate of drug-likeness (QED) is 0.701. The number of nitrogens with two attached hydrogens (primary N) is 1. The first-order chi connectivity index (χ1) is 15.1. The van der Waals surface area contributed by atoms with Crippen molar-refractivity contribution in [2.45, 2.75) is 38.8 Å². The maximum absolute atomic E-state index is 6.03. The van der Waals surface area contributed by atoms with E-state index in [1.54, 1.807) is 12.4 Å². The van der Waals surface area contributed by atoms with E-state index < -0.39 is 0 Å². The van der Waals surface area contributed by atoms with Gasteiger partial charge < -0.3 is 15.5 Å². The molecule has 8 nitrogen and oxygen atoms in total. The molecule has 2 N–H and O–H groups in total. The highest BCUT2D eigenvalue weighted by atomic mass is 15.3. The van der Waals surface area contributed by atoms with Crippen molar-refractivity contribution in [2.75, 3.05) is 23.4 Å².